The van der Waals surface area contributed by atoms with E-state index in [0.29, 0.717) is 12.2 Å². The first-order chi connectivity index (χ1) is 15.1. The maximum atomic E-state index is 11.5. The van der Waals surface area contributed by atoms with Gasteiger partial charge >= 0.3 is 5.97 Å². The monoisotopic (exact) mass is 414 g/mol. The first-order valence-corrected chi connectivity index (χ1v) is 10.7. The molecule has 1 atom stereocenters. The molecule has 0 saturated carbocycles. The summed E-state index contributed by atoms with van der Waals surface area (Å²) in [6, 6.07) is 15.1. The summed E-state index contributed by atoms with van der Waals surface area (Å²) in [6.45, 7) is 4.66. The van der Waals surface area contributed by atoms with E-state index in [1.807, 2.05) is 0 Å². The molecule has 0 fully saturated rings. The van der Waals surface area contributed by atoms with Crippen molar-refractivity contribution in [3.63, 3.8) is 0 Å². The SMILES string of the molecule is Cc1ccc2c(c1)CCN2c1ccc2c(c1)CCNC2CNc1cnccc1C(=O)O. The van der Waals surface area contributed by atoms with Crippen molar-refractivity contribution in [2.45, 2.75) is 25.8 Å². The van der Waals surface area contributed by atoms with Gasteiger partial charge in [-0.1, -0.05) is 23.8 Å². The Labute approximate surface area is 181 Å². The van der Waals surface area contributed by atoms with Crippen LogP contribution in [0.4, 0.5) is 17.1 Å². The van der Waals surface area contributed by atoms with Gasteiger partial charge in [-0.3, -0.25) is 4.98 Å². The van der Waals surface area contributed by atoms with E-state index in [9.17, 15) is 9.90 Å². The number of carboxylic acid groups (broad SMARTS) is 1. The highest BCUT2D eigenvalue weighted by Gasteiger charge is 2.24. The van der Waals surface area contributed by atoms with Gasteiger partial charge in [-0.15, -0.1) is 0 Å². The Morgan fingerprint density at radius 3 is 2.97 bits per heavy atom. The summed E-state index contributed by atoms with van der Waals surface area (Å²) < 4.78 is 0. The van der Waals surface area contributed by atoms with Crippen molar-refractivity contribution < 1.29 is 9.90 Å². The van der Waals surface area contributed by atoms with Crippen LogP contribution in [0, 0.1) is 6.92 Å². The Morgan fingerprint density at radius 1 is 1.19 bits per heavy atom. The Bertz CT molecular complexity index is 1140. The molecule has 3 aromatic rings. The van der Waals surface area contributed by atoms with Gasteiger partial charge in [-0.2, -0.15) is 0 Å². The van der Waals surface area contributed by atoms with Crippen LogP contribution in [0.5, 0.6) is 0 Å². The second-order valence-corrected chi connectivity index (χ2v) is 8.28. The molecule has 2 aliphatic rings. The van der Waals surface area contributed by atoms with E-state index in [2.05, 4.69) is 63.8 Å². The van der Waals surface area contributed by atoms with Gasteiger partial charge in [0.2, 0.25) is 0 Å². The summed E-state index contributed by atoms with van der Waals surface area (Å²) in [5.41, 5.74) is 8.71. The van der Waals surface area contributed by atoms with Gasteiger partial charge in [-0.25, -0.2) is 4.79 Å². The smallest absolute Gasteiger partial charge is 0.337 e. The molecule has 6 heteroatoms. The van der Waals surface area contributed by atoms with Gasteiger partial charge in [0.1, 0.15) is 0 Å². The standard InChI is InChI=1S/C25H26N4O2/c1-16-2-5-24-18(12-16)8-11-29(24)19-3-4-20-17(13-19)6-10-27-23(20)15-28-22-14-26-9-7-21(22)25(30)31/h2-5,7,9,12-14,23,27-28H,6,8,10-11,15H2,1H3,(H,30,31). The summed E-state index contributed by atoms with van der Waals surface area (Å²) in [7, 11) is 0. The molecular weight excluding hydrogens is 388 g/mol. The molecule has 2 aromatic carbocycles. The van der Waals surface area contributed by atoms with E-state index >= 15 is 0 Å². The fourth-order valence-electron chi connectivity index (χ4n) is 4.72. The Morgan fingerprint density at radius 2 is 2.10 bits per heavy atom. The zero-order valence-electron chi connectivity index (χ0n) is 17.6. The third kappa shape index (κ3) is 3.75. The number of pyridine rings is 1. The third-order valence-corrected chi connectivity index (χ3v) is 6.28. The van der Waals surface area contributed by atoms with Gasteiger partial charge in [0, 0.05) is 36.7 Å². The number of nitrogens with one attached hydrogen (secondary N) is 2. The topological polar surface area (TPSA) is 77.5 Å². The van der Waals surface area contributed by atoms with Gasteiger partial charge in [0.05, 0.1) is 17.4 Å². The molecule has 6 nitrogen and oxygen atoms in total. The van der Waals surface area contributed by atoms with Crippen LogP contribution in [0.25, 0.3) is 0 Å². The molecule has 2 aliphatic heterocycles. The van der Waals surface area contributed by atoms with Crippen LogP contribution >= 0.6 is 0 Å². The normalized spacial score (nSPS) is 17.2. The molecule has 0 spiro atoms. The summed E-state index contributed by atoms with van der Waals surface area (Å²) in [6.07, 6.45) is 5.14. The van der Waals surface area contributed by atoms with Crippen LogP contribution in [-0.2, 0) is 12.8 Å². The number of carbonyl (C=O) groups is 1. The Balaban J connectivity index is 1.36. The highest BCUT2D eigenvalue weighted by molar-refractivity contribution is 5.93. The molecule has 158 valence electrons. The number of hydrogen-bond acceptors (Lipinski definition) is 5. The molecule has 31 heavy (non-hydrogen) atoms. The number of benzene rings is 2. The number of aromatic carboxylic acids is 1. The number of hydrogen-bond donors (Lipinski definition) is 3. The van der Waals surface area contributed by atoms with Crippen LogP contribution < -0.4 is 15.5 Å². The van der Waals surface area contributed by atoms with Crippen LogP contribution in [0.3, 0.4) is 0 Å². The lowest BCUT2D eigenvalue weighted by atomic mass is 9.93. The van der Waals surface area contributed by atoms with E-state index in [-0.39, 0.29) is 11.6 Å². The van der Waals surface area contributed by atoms with Crippen LogP contribution in [0.2, 0.25) is 0 Å². The molecule has 3 N–H and O–H groups in total. The summed E-state index contributed by atoms with van der Waals surface area (Å²) in [5, 5.41) is 16.2. The molecule has 0 bridgehead atoms. The minimum atomic E-state index is -0.951. The Kier molecular flexibility index (Phi) is 5.08. The number of fused-ring (bicyclic) bond motifs is 2. The summed E-state index contributed by atoms with van der Waals surface area (Å²) in [4.78, 5) is 17.9. The number of carboxylic acids is 1. The van der Waals surface area contributed by atoms with E-state index in [0.717, 1.165) is 25.9 Å². The molecule has 3 heterocycles. The molecule has 1 unspecified atom stereocenters. The molecule has 0 aliphatic carbocycles. The first kappa shape index (κ1) is 19.6. The number of rotatable bonds is 5. The lowest BCUT2D eigenvalue weighted by Crippen LogP contribution is -2.34. The van der Waals surface area contributed by atoms with Crippen LogP contribution in [0.15, 0.2) is 54.9 Å². The predicted octanol–water partition coefficient (Wildman–Crippen LogP) is 4.08. The minimum absolute atomic E-state index is 0.119. The lowest BCUT2D eigenvalue weighted by Gasteiger charge is -2.29. The largest absolute Gasteiger partial charge is 0.478 e. The van der Waals surface area contributed by atoms with E-state index in [1.54, 1.807) is 6.20 Å². The average molecular weight is 415 g/mol. The summed E-state index contributed by atoms with van der Waals surface area (Å²) >= 11 is 0. The van der Waals surface area contributed by atoms with Crippen LogP contribution in [-0.4, -0.2) is 35.7 Å². The fourth-order valence-corrected chi connectivity index (χ4v) is 4.72. The number of nitrogens with zero attached hydrogens (tertiary/aromatic N) is 2. The van der Waals surface area contributed by atoms with Crippen molar-refractivity contribution in [2.24, 2.45) is 0 Å². The van der Waals surface area contributed by atoms with Crippen molar-refractivity contribution >= 4 is 23.0 Å². The van der Waals surface area contributed by atoms with Gasteiger partial charge in [0.25, 0.3) is 0 Å². The van der Waals surface area contributed by atoms with Crippen molar-refractivity contribution in [3.8, 4) is 0 Å². The van der Waals surface area contributed by atoms with E-state index in [4.69, 9.17) is 0 Å². The van der Waals surface area contributed by atoms with Crippen molar-refractivity contribution in [1.29, 1.82) is 0 Å². The van der Waals surface area contributed by atoms with Crippen molar-refractivity contribution in [3.05, 3.63) is 82.7 Å². The third-order valence-electron chi connectivity index (χ3n) is 6.28. The molecular formula is C25H26N4O2. The maximum Gasteiger partial charge on any atom is 0.337 e. The predicted molar refractivity (Wildman–Crippen MR) is 122 cm³/mol. The highest BCUT2D eigenvalue weighted by Crippen LogP contribution is 2.37. The Hall–Kier alpha value is -3.38. The van der Waals surface area contributed by atoms with Gasteiger partial charge < -0.3 is 20.6 Å². The zero-order chi connectivity index (χ0) is 21.4. The molecule has 0 amide bonds. The molecule has 0 saturated heterocycles. The van der Waals surface area contributed by atoms with Gasteiger partial charge in [-0.05, 0) is 67.3 Å². The highest BCUT2D eigenvalue weighted by atomic mass is 16.4. The van der Waals surface area contributed by atoms with E-state index < -0.39 is 5.97 Å². The second-order valence-electron chi connectivity index (χ2n) is 8.28. The minimum Gasteiger partial charge on any atom is -0.478 e. The molecule has 1 aromatic heterocycles. The molecule has 5 rings (SSSR count). The average Bonchev–Trinajstić information content (AvgIpc) is 3.20. The molecule has 0 radical (unpaired) electrons. The fraction of sp³-hybridized carbons (Fsp3) is 0.280. The second kappa shape index (κ2) is 8.04. The zero-order valence-corrected chi connectivity index (χ0v) is 17.6. The number of aromatic nitrogens is 1. The first-order valence-electron chi connectivity index (χ1n) is 10.7. The van der Waals surface area contributed by atoms with Crippen molar-refractivity contribution in [1.82, 2.24) is 10.3 Å². The summed E-state index contributed by atoms with van der Waals surface area (Å²) in [5.74, 6) is -0.951. The van der Waals surface area contributed by atoms with E-state index in [1.165, 1.54) is 45.9 Å². The van der Waals surface area contributed by atoms with Crippen LogP contribution in [0.1, 0.15) is 38.7 Å². The van der Waals surface area contributed by atoms with Crippen molar-refractivity contribution in [2.75, 3.05) is 29.9 Å². The number of aryl methyl sites for hydroxylation is 1. The number of anilines is 3. The lowest BCUT2D eigenvalue weighted by molar-refractivity contribution is 0.0697. The quantitative estimate of drug-likeness (QED) is 0.584. The van der Waals surface area contributed by atoms with Gasteiger partial charge in [0.15, 0.2) is 0 Å². The maximum absolute atomic E-state index is 11.5.